The van der Waals surface area contributed by atoms with Crippen molar-refractivity contribution < 1.29 is 51.5 Å². The molecule has 3 aliphatic heterocycles. The molecule has 1 saturated carbocycles. The number of nitrogens with zero attached hydrogens (tertiary/aromatic N) is 7. The number of piperidine rings is 1. The van der Waals surface area contributed by atoms with Crippen LogP contribution in [0.4, 0.5) is 0 Å². The zero-order chi connectivity index (χ0) is 53.3. The Labute approximate surface area is 429 Å². The maximum Gasteiger partial charge on any atom is 0.256 e. The molecule has 0 radical (unpaired) electrons. The van der Waals surface area contributed by atoms with E-state index in [0.717, 1.165) is 36.3 Å². The maximum atomic E-state index is 14.5. The smallest absolute Gasteiger partial charge is 0.256 e. The molecule has 4 aliphatic rings. The zero-order valence-corrected chi connectivity index (χ0v) is 44.6. The molecule has 6 unspecified atom stereocenters. The summed E-state index contributed by atoms with van der Waals surface area (Å²) in [6.45, 7) is 9.90. The molecule has 402 valence electrons. The van der Waals surface area contributed by atoms with Crippen molar-refractivity contribution in [2.45, 2.75) is 154 Å². The second-order valence-corrected chi connectivity index (χ2v) is 22.5. The largest absolute Gasteiger partial charge is 0.379 e. The molecule has 73 heavy (non-hydrogen) atoms. The number of imide groups is 1. The molecule has 22 heteroatoms. The maximum absolute atomic E-state index is 14.5. The van der Waals surface area contributed by atoms with Crippen molar-refractivity contribution in [1.29, 1.82) is 0 Å². The van der Waals surface area contributed by atoms with Gasteiger partial charge in [0.05, 0.1) is 61.2 Å². The van der Waals surface area contributed by atoms with Crippen LogP contribution in [0.15, 0.2) is 48.7 Å². The van der Waals surface area contributed by atoms with Gasteiger partial charge in [0.1, 0.15) is 17.8 Å². The van der Waals surface area contributed by atoms with Gasteiger partial charge in [-0.2, -0.15) is 0 Å². The van der Waals surface area contributed by atoms with Crippen LogP contribution in [0.3, 0.4) is 0 Å². The molecule has 4 heterocycles. The van der Waals surface area contributed by atoms with Crippen molar-refractivity contribution >= 4 is 51.4 Å². The quantitative estimate of drug-likeness (QED) is 0.114. The standard InChI is InChI=1S/C51H76N10O11S/c1-10-32(4)45(58(7)51(68)44(31(2)3)53-50(67)46-35-19-20-37(27-35)57(46)6)40(71-8)28-43(64)60-24-14-18-39(60)47(72-9)33(5)48(65)52-38(26-34-16-12-11-13-17-34)49(66)55-73(69,70)25-15-23-59-29-36(54-56-59)30-61-41(62)21-22-42(61)63/h11-13,16-17,21-22,29,31-33,35,37-40,44-47H,10,14-15,18-20,23-28,30H2,1-9H3,(H,52,65)(H,53,67)(H,55,66)/t32?,33?,35-,37+,38-,39?,40?,44-,45?,46-,47?/m0/s1. The third-order valence-corrected chi connectivity index (χ3v) is 16.8. The number of methoxy groups -OCH3 is 2. The minimum Gasteiger partial charge on any atom is -0.379 e. The molecular weight excluding hydrogens is 961 g/mol. The van der Waals surface area contributed by atoms with Crippen molar-refractivity contribution in [1.82, 2.24) is 49.9 Å². The third kappa shape index (κ3) is 13.8. The predicted octanol–water partition coefficient (Wildman–Crippen LogP) is 1.81. The number of rotatable bonds is 26. The van der Waals surface area contributed by atoms with Crippen molar-refractivity contribution in [3.63, 3.8) is 0 Å². The SMILES string of the molecule is CCC(C)C(C(CC(=O)N1CCCC1C(OC)C(C)C(=O)N[C@@H](Cc1ccccc1)C(=O)NS(=O)(=O)CCCn1cc(CN2C(=O)C=CC2=O)nn1)OC)N(C)C(=O)[C@@H](NC(=O)[C@@H]1[C@H]2CC[C@H](C2)N1C)C(C)C. The van der Waals surface area contributed by atoms with E-state index in [1.54, 1.807) is 54.1 Å². The lowest BCUT2D eigenvalue weighted by molar-refractivity contribution is -0.148. The predicted molar refractivity (Wildman–Crippen MR) is 269 cm³/mol. The monoisotopic (exact) mass is 1040 g/mol. The summed E-state index contributed by atoms with van der Waals surface area (Å²) in [7, 11) is 2.47. The molecule has 2 saturated heterocycles. The fourth-order valence-corrected chi connectivity index (χ4v) is 12.3. The van der Waals surface area contributed by atoms with E-state index in [4.69, 9.17) is 9.47 Å². The Morgan fingerprint density at radius 2 is 1.63 bits per heavy atom. The van der Waals surface area contributed by atoms with Gasteiger partial charge in [-0.15, -0.1) is 5.10 Å². The fraction of sp³-hybridized carbons (Fsp3) is 0.667. The second-order valence-electron chi connectivity index (χ2n) is 20.6. The number of likely N-dealkylation sites (N-methyl/N-ethyl adjacent to an activating group) is 2. The normalized spacial score (nSPS) is 22.8. The van der Waals surface area contributed by atoms with E-state index >= 15 is 0 Å². The van der Waals surface area contributed by atoms with Crippen LogP contribution in [0.5, 0.6) is 0 Å². The van der Waals surface area contributed by atoms with Crippen LogP contribution < -0.4 is 15.4 Å². The molecule has 6 rings (SSSR count). The number of amides is 7. The van der Waals surface area contributed by atoms with E-state index in [1.807, 2.05) is 34.7 Å². The summed E-state index contributed by atoms with van der Waals surface area (Å²) in [5.41, 5.74) is 1.00. The number of carbonyl (C=O) groups is 7. The van der Waals surface area contributed by atoms with Gasteiger partial charge >= 0.3 is 0 Å². The van der Waals surface area contributed by atoms with Crippen molar-refractivity contribution in [2.24, 2.45) is 23.7 Å². The Kier molecular flexibility index (Phi) is 19.5. The minimum absolute atomic E-state index is 0.0264. The summed E-state index contributed by atoms with van der Waals surface area (Å²) in [5.74, 6) is -4.49. The first-order valence-electron chi connectivity index (χ1n) is 25.6. The van der Waals surface area contributed by atoms with Crippen molar-refractivity contribution in [3.05, 3.63) is 59.9 Å². The topological polar surface area (TPSA) is 252 Å². The third-order valence-electron chi connectivity index (χ3n) is 15.4. The van der Waals surface area contributed by atoms with Crippen LogP contribution in [-0.2, 0) is 72.6 Å². The number of ether oxygens (including phenoxy) is 2. The van der Waals surface area contributed by atoms with E-state index in [0.29, 0.717) is 43.1 Å². The van der Waals surface area contributed by atoms with E-state index in [-0.39, 0.29) is 73.9 Å². The molecule has 11 atom stereocenters. The number of likely N-dealkylation sites (tertiary alicyclic amines) is 2. The number of carbonyl (C=O) groups excluding carboxylic acids is 7. The van der Waals surface area contributed by atoms with Gasteiger partial charge in [-0.3, -0.25) is 52.8 Å². The molecule has 3 N–H and O–H groups in total. The van der Waals surface area contributed by atoms with Gasteiger partial charge in [0, 0.05) is 59.0 Å². The van der Waals surface area contributed by atoms with Gasteiger partial charge in [-0.1, -0.05) is 76.6 Å². The van der Waals surface area contributed by atoms with E-state index in [9.17, 15) is 42.0 Å². The minimum atomic E-state index is -4.21. The molecule has 7 amide bonds. The highest BCUT2D eigenvalue weighted by molar-refractivity contribution is 7.90. The molecule has 1 aromatic heterocycles. The highest BCUT2D eigenvalue weighted by Crippen LogP contribution is 2.41. The fourth-order valence-electron chi connectivity index (χ4n) is 11.2. The number of sulfonamides is 1. The summed E-state index contributed by atoms with van der Waals surface area (Å²) in [6.07, 6.45) is 7.13. The van der Waals surface area contributed by atoms with Crippen LogP contribution in [0.1, 0.15) is 97.2 Å². The number of nitrogens with one attached hydrogen (secondary N) is 3. The number of aromatic nitrogens is 3. The van der Waals surface area contributed by atoms with E-state index in [2.05, 4.69) is 30.6 Å². The van der Waals surface area contributed by atoms with Crippen LogP contribution in [0.25, 0.3) is 0 Å². The Hall–Kier alpha value is -5.58. The first-order chi connectivity index (χ1) is 34.7. The highest BCUT2D eigenvalue weighted by atomic mass is 32.2. The zero-order valence-electron chi connectivity index (χ0n) is 43.8. The molecule has 2 aromatic rings. The molecule has 1 aliphatic carbocycles. The molecule has 2 bridgehead atoms. The van der Waals surface area contributed by atoms with Gasteiger partial charge in [-0.05, 0) is 68.9 Å². The Bertz CT molecular complexity index is 2410. The van der Waals surface area contributed by atoms with Crippen LogP contribution in [0, 0.1) is 23.7 Å². The summed E-state index contributed by atoms with van der Waals surface area (Å²) in [4.78, 5) is 101. The van der Waals surface area contributed by atoms with E-state index in [1.165, 1.54) is 25.1 Å². The Balaban J connectivity index is 1.08. The van der Waals surface area contributed by atoms with Crippen molar-refractivity contribution in [3.8, 4) is 0 Å². The highest BCUT2D eigenvalue weighted by Gasteiger charge is 2.49. The summed E-state index contributed by atoms with van der Waals surface area (Å²) in [6, 6.07) is 5.80. The van der Waals surface area contributed by atoms with Gasteiger partial charge < -0.3 is 29.9 Å². The van der Waals surface area contributed by atoms with Gasteiger partial charge in [0.2, 0.25) is 33.7 Å². The molecule has 3 fully saturated rings. The number of fused-ring (bicyclic) bond motifs is 2. The first-order valence-corrected chi connectivity index (χ1v) is 27.3. The summed E-state index contributed by atoms with van der Waals surface area (Å²) in [5, 5.41) is 13.8. The molecular formula is C51H76N10O11S. The van der Waals surface area contributed by atoms with Gasteiger partial charge in [0.25, 0.3) is 17.7 Å². The van der Waals surface area contributed by atoms with Gasteiger partial charge in [0.15, 0.2) is 0 Å². The first kappa shape index (κ1) is 56.7. The molecule has 1 aromatic carbocycles. The molecule has 0 spiro atoms. The van der Waals surface area contributed by atoms with E-state index < -0.39 is 81.7 Å². The van der Waals surface area contributed by atoms with Crippen LogP contribution in [-0.4, -0.2) is 173 Å². The number of benzene rings is 1. The lowest BCUT2D eigenvalue weighted by Crippen LogP contribution is -2.60. The Morgan fingerprint density at radius 1 is 0.932 bits per heavy atom. The lowest BCUT2D eigenvalue weighted by atomic mass is 9.89. The summed E-state index contributed by atoms with van der Waals surface area (Å²) >= 11 is 0. The van der Waals surface area contributed by atoms with Crippen molar-refractivity contribution in [2.75, 3.05) is 40.6 Å². The Morgan fingerprint density at radius 3 is 2.25 bits per heavy atom. The number of aryl methyl sites for hydroxylation is 1. The second kappa shape index (κ2) is 25.1. The molecule has 21 nitrogen and oxygen atoms in total. The van der Waals surface area contributed by atoms with Crippen LogP contribution in [0.2, 0.25) is 0 Å². The average molecular weight is 1040 g/mol. The number of hydrogen-bond acceptors (Lipinski definition) is 14. The average Bonchev–Trinajstić information content (AvgIpc) is 4.23. The number of hydrogen-bond donors (Lipinski definition) is 3. The summed E-state index contributed by atoms with van der Waals surface area (Å²) < 4.78 is 42.2. The lowest BCUT2D eigenvalue weighted by Gasteiger charge is -2.41. The van der Waals surface area contributed by atoms with Gasteiger partial charge in [-0.25, -0.2) is 8.42 Å². The van der Waals surface area contributed by atoms with Crippen LogP contribution >= 0.6 is 0 Å².